The van der Waals surface area contributed by atoms with Crippen LogP contribution in [0.4, 0.5) is 13.2 Å². The Morgan fingerprint density at radius 1 is 0.704 bits per heavy atom. The van der Waals surface area contributed by atoms with Gasteiger partial charge in [0.05, 0.1) is 0 Å². The van der Waals surface area contributed by atoms with Crippen molar-refractivity contribution in [3.05, 3.63) is 35.4 Å². The van der Waals surface area contributed by atoms with Crippen molar-refractivity contribution in [3.63, 3.8) is 0 Å². The molecule has 152 valence electrons. The third kappa shape index (κ3) is 6.26. The number of halogens is 3. The van der Waals surface area contributed by atoms with E-state index in [1.54, 1.807) is 0 Å². The van der Waals surface area contributed by atoms with Crippen LogP contribution >= 0.6 is 0 Å². The van der Waals surface area contributed by atoms with Crippen molar-refractivity contribution >= 4 is 0 Å². The summed E-state index contributed by atoms with van der Waals surface area (Å²) in [7, 11) is 0. The van der Waals surface area contributed by atoms with E-state index in [1.165, 1.54) is 49.7 Å². The first-order valence-electron chi connectivity index (χ1n) is 11.1. The van der Waals surface area contributed by atoms with Crippen molar-refractivity contribution < 1.29 is 13.2 Å². The Kier molecular flexibility index (Phi) is 7.28. The van der Waals surface area contributed by atoms with E-state index in [1.807, 2.05) is 0 Å². The van der Waals surface area contributed by atoms with E-state index in [9.17, 15) is 13.2 Å². The van der Waals surface area contributed by atoms with Crippen molar-refractivity contribution in [1.29, 1.82) is 0 Å². The summed E-state index contributed by atoms with van der Waals surface area (Å²) in [6.07, 6.45) is 7.80. The van der Waals surface area contributed by atoms with Crippen molar-refractivity contribution in [1.82, 2.24) is 0 Å². The Bertz CT molecular complexity index is 544. The summed E-state index contributed by atoms with van der Waals surface area (Å²) in [5.41, 5.74) is 2.89. The summed E-state index contributed by atoms with van der Waals surface area (Å²) >= 11 is 0. The second-order valence-corrected chi connectivity index (χ2v) is 9.04. The number of hydrogen-bond acceptors (Lipinski definition) is 0. The normalized spacial score (nSPS) is 29.6. The van der Waals surface area contributed by atoms with E-state index in [0.717, 1.165) is 37.5 Å². The van der Waals surface area contributed by atoms with E-state index in [4.69, 9.17) is 0 Å². The molecule has 0 spiro atoms. The summed E-state index contributed by atoms with van der Waals surface area (Å²) in [6, 6.07) is 9.26. The SMILES string of the molecule is CCC[C@H]1CC[C@H](c2ccc([C@H]3CC[C@H](CCC(F)(F)F)CC3)cc2)CC1. The number of rotatable bonds is 6. The van der Waals surface area contributed by atoms with Gasteiger partial charge in [-0.05, 0) is 92.6 Å². The van der Waals surface area contributed by atoms with Gasteiger partial charge in [0.15, 0.2) is 0 Å². The van der Waals surface area contributed by atoms with Gasteiger partial charge in [-0.15, -0.1) is 0 Å². The monoisotopic (exact) mass is 380 g/mol. The molecule has 0 aliphatic heterocycles. The van der Waals surface area contributed by atoms with Crippen LogP contribution in [-0.2, 0) is 0 Å². The lowest BCUT2D eigenvalue weighted by Crippen LogP contribution is -2.17. The topological polar surface area (TPSA) is 0 Å². The van der Waals surface area contributed by atoms with Gasteiger partial charge in [-0.3, -0.25) is 0 Å². The van der Waals surface area contributed by atoms with Crippen LogP contribution < -0.4 is 0 Å². The minimum atomic E-state index is -4.00. The second-order valence-electron chi connectivity index (χ2n) is 9.04. The van der Waals surface area contributed by atoms with E-state index in [2.05, 4.69) is 31.2 Å². The van der Waals surface area contributed by atoms with Crippen LogP contribution in [0.15, 0.2) is 24.3 Å². The van der Waals surface area contributed by atoms with Gasteiger partial charge in [0, 0.05) is 6.42 Å². The third-order valence-electron chi connectivity index (χ3n) is 7.11. The Labute approximate surface area is 162 Å². The van der Waals surface area contributed by atoms with Crippen LogP contribution in [0, 0.1) is 11.8 Å². The van der Waals surface area contributed by atoms with Gasteiger partial charge >= 0.3 is 6.18 Å². The molecule has 3 heteroatoms. The molecule has 2 saturated carbocycles. The molecule has 27 heavy (non-hydrogen) atoms. The summed E-state index contributed by atoms with van der Waals surface area (Å²) in [5.74, 6) is 2.48. The highest BCUT2D eigenvalue weighted by Crippen LogP contribution is 2.41. The highest BCUT2D eigenvalue weighted by Gasteiger charge is 2.30. The lowest BCUT2D eigenvalue weighted by molar-refractivity contribution is -0.138. The maximum Gasteiger partial charge on any atom is 0.389 e. The van der Waals surface area contributed by atoms with E-state index < -0.39 is 12.6 Å². The maximum atomic E-state index is 12.4. The van der Waals surface area contributed by atoms with Crippen LogP contribution in [0.3, 0.4) is 0 Å². The van der Waals surface area contributed by atoms with Crippen LogP contribution in [0.1, 0.15) is 107 Å². The largest absolute Gasteiger partial charge is 0.389 e. The molecule has 0 saturated heterocycles. The number of benzene rings is 1. The molecule has 0 bridgehead atoms. The Hall–Kier alpha value is -0.990. The van der Waals surface area contributed by atoms with Gasteiger partial charge in [0.1, 0.15) is 0 Å². The first-order valence-corrected chi connectivity index (χ1v) is 11.1. The Balaban J connectivity index is 1.46. The van der Waals surface area contributed by atoms with E-state index in [0.29, 0.717) is 12.3 Å². The lowest BCUT2D eigenvalue weighted by Gasteiger charge is -2.30. The quantitative estimate of drug-likeness (QED) is 0.465. The molecule has 0 heterocycles. The molecule has 2 aliphatic carbocycles. The molecule has 2 aliphatic rings. The fraction of sp³-hybridized carbons (Fsp3) is 0.750. The predicted octanol–water partition coefficient (Wildman–Crippen LogP) is 8.38. The van der Waals surface area contributed by atoms with Gasteiger partial charge in [-0.25, -0.2) is 0 Å². The zero-order valence-corrected chi connectivity index (χ0v) is 16.7. The molecule has 1 aromatic carbocycles. The average molecular weight is 381 g/mol. The molecule has 0 aromatic heterocycles. The van der Waals surface area contributed by atoms with E-state index >= 15 is 0 Å². The third-order valence-corrected chi connectivity index (χ3v) is 7.11. The maximum absolute atomic E-state index is 12.4. The highest BCUT2D eigenvalue weighted by molar-refractivity contribution is 5.28. The molecule has 0 N–H and O–H groups in total. The first-order chi connectivity index (χ1) is 12.9. The standard InChI is InChI=1S/C24H35F3/c1-2-3-18-4-8-20(9-5-18)22-12-14-23(15-13-22)21-10-6-19(7-11-21)16-17-24(25,26)27/h12-15,18-21H,2-11,16-17H2,1H3/t18-,19-,20-,21-. The average Bonchev–Trinajstić information content (AvgIpc) is 2.67. The molecular weight excluding hydrogens is 345 g/mol. The van der Waals surface area contributed by atoms with Gasteiger partial charge in [0.2, 0.25) is 0 Å². The first kappa shape index (κ1) is 20.7. The molecule has 2 fully saturated rings. The van der Waals surface area contributed by atoms with Gasteiger partial charge in [-0.2, -0.15) is 13.2 Å². The van der Waals surface area contributed by atoms with Crippen molar-refractivity contribution in [2.45, 2.75) is 102 Å². The lowest BCUT2D eigenvalue weighted by atomic mass is 9.75. The van der Waals surface area contributed by atoms with Crippen molar-refractivity contribution in [3.8, 4) is 0 Å². The van der Waals surface area contributed by atoms with Crippen LogP contribution in [-0.4, -0.2) is 6.18 Å². The molecule has 1 aromatic rings. The summed E-state index contributed by atoms with van der Waals surface area (Å²) in [4.78, 5) is 0. The highest BCUT2D eigenvalue weighted by atomic mass is 19.4. The van der Waals surface area contributed by atoms with Crippen LogP contribution in [0.25, 0.3) is 0 Å². The molecule has 0 nitrogen and oxygen atoms in total. The van der Waals surface area contributed by atoms with Crippen molar-refractivity contribution in [2.24, 2.45) is 11.8 Å². The molecular formula is C24H35F3. The Morgan fingerprint density at radius 3 is 1.48 bits per heavy atom. The smallest absolute Gasteiger partial charge is 0.171 e. The van der Waals surface area contributed by atoms with Crippen molar-refractivity contribution in [2.75, 3.05) is 0 Å². The molecule has 0 amide bonds. The zero-order valence-electron chi connectivity index (χ0n) is 16.7. The minimum absolute atomic E-state index is 0.264. The zero-order chi connectivity index (χ0) is 19.3. The number of alkyl halides is 3. The van der Waals surface area contributed by atoms with Gasteiger partial charge in [-0.1, -0.05) is 44.0 Å². The minimum Gasteiger partial charge on any atom is -0.171 e. The predicted molar refractivity (Wildman–Crippen MR) is 106 cm³/mol. The molecule has 3 rings (SSSR count). The van der Waals surface area contributed by atoms with E-state index in [-0.39, 0.29) is 5.92 Å². The summed E-state index contributed by atoms with van der Waals surface area (Å²) in [5, 5.41) is 0. The van der Waals surface area contributed by atoms with Crippen LogP contribution in [0.2, 0.25) is 0 Å². The fourth-order valence-electron chi connectivity index (χ4n) is 5.39. The van der Waals surface area contributed by atoms with Gasteiger partial charge in [0.25, 0.3) is 0 Å². The Morgan fingerprint density at radius 2 is 1.11 bits per heavy atom. The van der Waals surface area contributed by atoms with Gasteiger partial charge < -0.3 is 0 Å². The molecule has 0 atom stereocenters. The fourth-order valence-corrected chi connectivity index (χ4v) is 5.39. The second kappa shape index (κ2) is 9.47. The molecule has 0 radical (unpaired) electrons. The summed E-state index contributed by atoms with van der Waals surface area (Å²) < 4.78 is 37.2. The van der Waals surface area contributed by atoms with Crippen LogP contribution in [0.5, 0.6) is 0 Å². The molecule has 0 unspecified atom stereocenters. The number of hydrogen-bond donors (Lipinski definition) is 0. The summed E-state index contributed by atoms with van der Waals surface area (Å²) in [6.45, 7) is 2.29.